The minimum atomic E-state index is -1.84. The quantitative estimate of drug-likeness (QED) is 0.117. The molecule has 0 saturated carbocycles. The molecule has 0 aromatic rings. The molecule has 0 unspecified atom stereocenters. The van der Waals surface area contributed by atoms with E-state index in [2.05, 4.69) is 5.32 Å². The lowest BCUT2D eigenvalue weighted by atomic mass is 9.78. The number of aliphatic hydroxyl groups is 5. The molecule has 282 valence electrons. The largest absolute Gasteiger partial charge is 0.459 e. The summed E-state index contributed by atoms with van der Waals surface area (Å²) < 4.78 is 18.3. The lowest BCUT2D eigenvalue weighted by molar-refractivity contribution is -0.299. The molecular weight excluding hydrogens is 624 g/mol. The summed E-state index contributed by atoms with van der Waals surface area (Å²) in [6.07, 6.45) is -6.11. The van der Waals surface area contributed by atoms with Crippen LogP contribution < -0.4 is 11.1 Å². The number of hydrogen-bond acceptors (Lipinski definition) is 13. The van der Waals surface area contributed by atoms with E-state index in [4.69, 9.17) is 19.9 Å². The van der Waals surface area contributed by atoms with Gasteiger partial charge in [0.15, 0.2) is 6.29 Å². The number of nitrogens with one attached hydrogen (secondary N) is 1. The van der Waals surface area contributed by atoms with Crippen molar-refractivity contribution in [2.75, 3.05) is 40.3 Å². The predicted octanol–water partition coefficient (Wildman–Crippen LogP) is -0.189. The SMILES string of the molecule is CC[C@H]1OC(=O)[C@H](C)[C@@H](O)[C@H](C)[C@@H](O[C@@H]2O[C@H](C)C[C@H](N(C)C)[C@H]2O)[C@](C)(O)C[C@@H](C)CN(CCNCCC(N)=O)[C@H](C)[C@@H](O)[C@]1(C)O. The minimum Gasteiger partial charge on any atom is -0.459 e. The first-order chi connectivity index (χ1) is 22.1. The van der Waals surface area contributed by atoms with Gasteiger partial charge < -0.3 is 55.7 Å². The van der Waals surface area contributed by atoms with Gasteiger partial charge in [-0.05, 0) is 73.9 Å². The van der Waals surface area contributed by atoms with E-state index in [9.17, 15) is 35.1 Å². The number of carbonyl (C=O) groups is 2. The molecule has 14 nitrogen and oxygen atoms in total. The molecule has 2 rings (SSSR count). The first-order valence-electron chi connectivity index (χ1n) is 17.5. The van der Waals surface area contributed by atoms with Crippen LogP contribution in [0.4, 0.5) is 0 Å². The molecule has 2 aliphatic rings. The molecule has 2 heterocycles. The lowest BCUT2D eigenvalue weighted by Crippen LogP contribution is -2.60. The number of rotatable bonds is 10. The van der Waals surface area contributed by atoms with Crippen molar-refractivity contribution in [2.24, 2.45) is 23.5 Å². The smallest absolute Gasteiger partial charge is 0.311 e. The second-order valence-electron chi connectivity index (χ2n) is 15.1. The summed E-state index contributed by atoms with van der Waals surface area (Å²) in [4.78, 5) is 28.6. The van der Waals surface area contributed by atoms with Crippen LogP contribution in [0.15, 0.2) is 0 Å². The Balaban J connectivity index is 2.54. The van der Waals surface area contributed by atoms with Crippen LogP contribution in [-0.2, 0) is 23.8 Å². The molecule has 14 heteroatoms. The zero-order chi connectivity index (χ0) is 36.7. The van der Waals surface area contributed by atoms with Crippen molar-refractivity contribution in [1.29, 1.82) is 0 Å². The molecule has 0 spiro atoms. The highest BCUT2D eigenvalue weighted by Crippen LogP contribution is 2.36. The average Bonchev–Trinajstić information content (AvgIpc) is 2.99. The number of hydrogen-bond donors (Lipinski definition) is 7. The number of aliphatic hydroxyl groups excluding tert-OH is 3. The van der Waals surface area contributed by atoms with Crippen molar-refractivity contribution in [1.82, 2.24) is 15.1 Å². The number of esters is 1. The fourth-order valence-corrected chi connectivity index (χ4v) is 7.46. The molecule has 2 aliphatic heterocycles. The van der Waals surface area contributed by atoms with Gasteiger partial charge in [-0.25, -0.2) is 0 Å². The van der Waals surface area contributed by atoms with Gasteiger partial charge in [0.2, 0.25) is 5.91 Å². The zero-order valence-electron chi connectivity index (χ0n) is 30.8. The third-order valence-electron chi connectivity index (χ3n) is 10.4. The fraction of sp³-hybridized carbons (Fsp3) is 0.941. The second kappa shape index (κ2) is 18.2. The monoisotopic (exact) mass is 690 g/mol. The first kappa shape index (κ1) is 42.7. The van der Waals surface area contributed by atoms with Gasteiger partial charge in [-0.15, -0.1) is 0 Å². The number of carbonyl (C=O) groups excluding carboxylic acids is 2. The molecule has 2 saturated heterocycles. The van der Waals surface area contributed by atoms with E-state index in [1.807, 2.05) is 37.7 Å². The summed E-state index contributed by atoms with van der Waals surface area (Å²) in [5.41, 5.74) is 1.85. The van der Waals surface area contributed by atoms with Crippen molar-refractivity contribution >= 4 is 11.9 Å². The fourth-order valence-electron chi connectivity index (χ4n) is 7.46. The number of primary amides is 1. The Morgan fingerprint density at radius 3 is 2.27 bits per heavy atom. The molecule has 0 aromatic carbocycles. The van der Waals surface area contributed by atoms with Crippen LogP contribution in [0.3, 0.4) is 0 Å². The number of likely N-dealkylation sites (N-methyl/N-ethyl adjacent to an activating group) is 1. The highest BCUT2D eigenvalue weighted by molar-refractivity contribution is 5.74. The van der Waals surface area contributed by atoms with Gasteiger partial charge in [0.1, 0.15) is 23.9 Å². The van der Waals surface area contributed by atoms with Gasteiger partial charge in [0, 0.05) is 50.6 Å². The summed E-state index contributed by atoms with van der Waals surface area (Å²) >= 11 is 0. The normalized spacial score (nSPS) is 43.0. The van der Waals surface area contributed by atoms with Crippen molar-refractivity contribution in [2.45, 2.75) is 147 Å². The van der Waals surface area contributed by atoms with E-state index in [1.165, 1.54) is 13.8 Å². The van der Waals surface area contributed by atoms with Crippen molar-refractivity contribution in [3.05, 3.63) is 0 Å². The van der Waals surface area contributed by atoms with E-state index in [-0.39, 0.29) is 37.3 Å². The summed E-state index contributed by atoms with van der Waals surface area (Å²) in [7, 11) is 3.73. The molecule has 8 N–H and O–H groups in total. The van der Waals surface area contributed by atoms with Crippen molar-refractivity contribution in [3.63, 3.8) is 0 Å². The number of nitrogens with zero attached hydrogens (tertiary/aromatic N) is 2. The Labute approximate surface area is 287 Å². The Kier molecular flexibility index (Phi) is 16.2. The summed E-state index contributed by atoms with van der Waals surface area (Å²) in [6, 6.07) is -0.886. The van der Waals surface area contributed by atoms with Crippen molar-refractivity contribution < 1.29 is 49.3 Å². The number of amides is 1. The van der Waals surface area contributed by atoms with E-state index >= 15 is 0 Å². The van der Waals surface area contributed by atoms with Crippen LogP contribution in [0, 0.1) is 17.8 Å². The van der Waals surface area contributed by atoms with E-state index in [1.54, 1.807) is 27.7 Å². The van der Waals surface area contributed by atoms with E-state index < -0.39 is 77.8 Å². The van der Waals surface area contributed by atoms with Gasteiger partial charge in [-0.1, -0.05) is 20.8 Å². The maximum atomic E-state index is 13.5. The maximum absolute atomic E-state index is 13.5. The first-order valence-corrected chi connectivity index (χ1v) is 17.5. The van der Waals surface area contributed by atoms with Crippen molar-refractivity contribution in [3.8, 4) is 0 Å². The molecule has 2 fully saturated rings. The van der Waals surface area contributed by atoms with Crippen LogP contribution >= 0.6 is 0 Å². The van der Waals surface area contributed by atoms with E-state index in [0.717, 1.165) is 0 Å². The van der Waals surface area contributed by atoms with Gasteiger partial charge in [0.05, 0.1) is 29.8 Å². The molecule has 14 atom stereocenters. The molecule has 1 amide bonds. The van der Waals surface area contributed by atoms with Crippen LogP contribution in [0.2, 0.25) is 0 Å². The van der Waals surface area contributed by atoms with Gasteiger partial charge in [0.25, 0.3) is 0 Å². The highest BCUT2D eigenvalue weighted by atomic mass is 16.7. The molecule has 0 aromatic heterocycles. The van der Waals surface area contributed by atoms with Crippen LogP contribution in [-0.4, -0.2) is 154 Å². The predicted molar refractivity (Wildman–Crippen MR) is 181 cm³/mol. The minimum absolute atomic E-state index is 0.174. The zero-order valence-corrected chi connectivity index (χ0v) is 30.8. The second-order valence-corrected chi connectivity index (χ2v) is 15.1. The third kappa shape index (κ3) is 11.0. The van der Waals surface area contributed by atoms with Gasteiger partial charge >= 0.3 is 5.97 Å². The molecule has 0 bridgehead atoms. The average molecular weight is 691 g/mol. The topological polar surface area (TPSA) is 208 Å². The summed E-state index contributed by atoms with van der Waals surface area (Å²) in [5, 5.41) is 61.4. The van der Waals surface area contributed by atoms with Crippen LogP contribution in [0.25, 0.3) is 0 Å². The molecule has 48 heavy (non-hydrogen) atoms. The molecule has 0 radical (unpaired) electrons. The van der Waals surface area contributed by atoms with Crippen LogP contribution in [0.5, 0.6) is 0 Å². The molecular formula is C34H66N4O10. The number of nitrogens with two attached hydrogens (primary N) is 1. The number of cyclic esters (lactones) is 1. The Bertz CT molecular complexity index is 1020. The number of ether oxygens (including phenoxy) is 3. The molecule has 0 aliphatic carbocycles. The maximum Gasteiger partial charge on any atom is 0.311 e. The lowest BCUT2D eigenvalue weighted by Gasteiger charge is -2.46. The Morgan fingerprint density at radius 2 is 1.71 bits per heavy atom. The summed E-state index contributed by atoms with van der Waals surface area (Å²) in [5.74, 6) is -3.31. The highest BCUT2D eigenvalue weighted by Gasteiger charge is 2.50. The van der Waals surface area contributed by atoms with E-state index in [0.29, 0.717) is 32.6 Å². The third-order valence-corrected chi connectivity index (χ3v) is 10.4. The standard InChI is InChI=1S/C34H66N4O10/c1-11-25-34(8,45)29(42)23(6)38(15-14-36-13-12-26(35)39)18-19(2)17-33(7,44)30(21(4)27(40)22(5)31(43)47-25)48-32-28(41)24(37(9)10)16-20(3)46-32/h19-25,27-30,32,36,40-42,44-45H,11-18H2,1-10H3,(H2,35,39)/t19-,20-,21+,22-,23-,24+,25-,27+,28-,29-,30-,32+,33-,34-/m1/s1. The van der Waals surface area contributed by atoms with Gasteiger partial charge in [-0.2, -0.15) is 0 Å². The Morgan fingerprint density at radius 1 is 1.08 bits per heavy atom. The Hall–Kier alpha value is -1.46. The van der Waals surface area contributed by atoms with Gasteiger partial charge in [-0.3, -0.25) is 14.5 Å². The summed E-state index contributed by atoms with van der Waals surface area (Å²) in [6.45, 7) is 15.3. The van der Waals surface area contributed by atoms with Crippen LogP contribution in [0.1, 0.15) is 81.1 Å².